The summed E-state index contributed by atoms with van der Waals surface area (Å²) in [4.78, 5) is 12.3. The molecule has 6 heteroatoms. The van der Waals surface area contributed by atoms with Crippen molar-refractivity contribution in [3.05, 3.63) is 28.4 Å². The smallest absolute Gasteiger partial charge is 0.272 e. The lowest BCUT2D eigenvalue weighted by molar-refractivity contribution is 0.0930. The fourth-order valence-electron chi connectivity index (χ4n) is 2.26. The fraction of sp³-hybridized carbons (Fsp3) is 0.385. The average Bonchev–Trinajstić information content (AvgIpc) is 3.15. The van der Waals surface area contributed by atoms with E-state index in [9.17, 15) is 4.79 Å². The van der Waals surface area contributed by atoms with Crippen LogP contribution in [0.4, 0.5) is 0 Å². The second-order valence-electron chi connectivity index (χ2n) is 4.92. The summed E-state index contributed by atoms with van der Waals surface area (Å²) in [5, 5.41) is 10.8. The van der Waals surface area contributed by atoms with Gasteiger partial charge in [0.1, 0.15) is 0 Å². The maximum absolute atomic E-state index is 12.3. The second kappa shape index (κ2) is 4.94. The van der Waals surface area contributed by atoms with E-state index in [1.807, 2.05) is 18.2 Å². The number of fused-ring (bicyclic) bond motifs is 1. The number of carbonyl (C=O) groups excluding carboxylic acids is 1. The summed E-state index contributed by atoms with van der Waals surface area (Å²) in [5.41, 5.74) is 6.98. The highest BCUT2D eigenvalue weighted by molar-refractivity contribution is 9.10. The molecule has 0 saturated heterocycles. The second-order valence-corrected chi connectivity index (χ2v) is 5.83. The van der Waals surface area contributed by atoms with Crippen molar-refractivity contribution in [2.75, 3.05) is 6.54 Å². The monoisotopic (exact) mass is 322 g/mol. The minimum atomic E-state index is -0.160. The number of nitrogens with zero attached hydrogens (tertiary/aromatic N) is 1. The van der Waals surface area contributed by atoms with Gasteiger partial charge in [-0.1, -0.05) is 15.9 Å². The Bertz CT molecular complexity index is 620. The largest absolute Gasteiger partial charge is 0.346 e. The highest BCUT2D eigenvalue weighted by Crippen LogP contribution is 2.32. The third-order valence-corrected chi connectivity index (χ3v) is 3.99. The third kappa shape index (κ3) is 2.50. The van der Waals surface area contributed by atoms with Crippen molar-refractivity contribution in [1.82, 2.24) is 15.5 Å². The molecule has 100 valence electrons. The highest BCUT2D eigenvalue weighted by atomic mass is 79.9. The molecule has 0 spiro atoms. The lowest BCUT2D eigenvalue weighted by atomic mass is 10.1. The van der Waals surface area contributed by atoms with E-state index in [0.717, 1.165) is 28.2 Å². The van der Waals surface area contributed by atoms with Crippen LogP contribution in [-0.2, 0) is 0 Å². The van der Waals surface area contributed by atoms with Crippen LogP contribution in [-0.4, -0.2) is 28.7 Å². The van der Waals surface area contributed by atoms with Gasteiger partial charge in [0.25, 0.3) is 5.91 Å². The molecule has 1 unspecified atom stereocenters. The first kappa shape index (κ1) is 12.6. The minimum Gasteiger partial charge on any atom is -0.346 e. The molecule has 1 fully saturated rings. The number of nitrogens with two attached hydrogens (primary N) is 1. The van der Waals surface area contributed by atoms with E-state index in [-0.39, 0.29) is 11.9 Å². The number of aromatic amines is 1. The first-order valence-electron chi connectivity index (χ1n) is 6.33. The van der Waals surface area contributed by atoms with Crippen molar-refractivity contribution in [3.8, 4) is 0 Å². The van der Waals surface area contributed by atoms with Gasteiger partial charge in [0.15, 0.2) is 5.69 Å². The number of H-pyrrole nitrogens is 1. The molecule has 19 heavy (non-hydrogen) atoms. The zero-order valence-corrected chi connectivity index (χ0v) is 11.9. The zero-order chi connectivity index (χ0) is 13.4. The van der Waals surface area contributed by atoms with Crippen LogP contribution in [0, 0.1) is 5.92 Å². The van der Waals surface area contributed by atoms with Crippen LogP contribution >= 0.6 is 15.9 Å². The van der Waals surface area contributed by atoms with Gasteiger partial charge < -0.3 is 11.1 Å². The van der Waals surface area contributed by atoms with Crippen LogP contribution in [0.25, 0.3) is 10.9 Å². The van der Waals surface area contributed by atoms with Crippen LogP contribution in [0.15, 0.2) is 22.7 Å². The number of amides is 1. The summed E-state index contributed by atoms with van der Waals surface area (Å²) < 4.78 is 0.924. The predicted octanol–water partition coefficient (Wildman–Crippen LogP) is 1.79. The van der Waals surface area contributed by atoms with E-state index in [1.165, 1.54) is 0 Å². The van der Waals surface area contributed by atoms with E-state index in [1.54, 1.807) is 0 Å². The summed E-state index contributed by atoms with van der Waals surface area (Å²) in [5.74, 6) is 0.373. The van der Waals surface area contributed by atoms with E-state index in [4.69, 9.17) is 5.73 Å². The first-order chi connectivity index (χ1) is 9.19. The standard InChI is InChI=1S/C13H15BrN4O/c14-8-3-4-10-9(5-8)12(18-17-10)13(19)16-11(6-15)7-1-2-7/h3-5,7,11H,1-2,6,15H2,(H,16,19)(H,17,18). The molecule has 1 aromatic carbocycles. The van der Waals surface area contributed by atoms with E-state index in [0.29, 0.717) is 18.2 Å². The van der Waals surface area contributed by atoms with E-state index in [2.05, 4.69) is 31.4 Å². The van der Waals surface area contributed by atoms with Crippen LogP contribution in [0.2, 0.25) is 0 Å². The molecule has 4 N–H and O–H groups in total. The van der Waals surface area contributed by atoms with Gasteiger partial charge in [-0.25, -0.2) is 0 Å². The summed E-state index contributed by atoms with van der Waals surface area (Å²) in [6, 6.07) is 5.76. The maximum Gasteiger partial charge on any atom is 0.272 e. The predicted molar refractivity (Wildman–Crippen MR) is 76.8 cm³/mol. The quantitative estimate of drug-likeness (QED) is 0.802. The summed E-state index contributed by atoms with van der Waals surface area (Å²) >= 11 is 3.40. The molecule has 1 aliphatic carbocycles. The molecule has 3 rings (SSSR count). The van der Waals surface area contributed by atoms with Gasteiger partial charge in [-0.05, 0) is 37.0 Å². The van der Waals surface area contributed by atoms with Crippen molar-refractivity contribution >= 4 is 32.7 Å². The van der Waals surface area contributed by atoms with Crippen molar-refractivity contribution < 1.29 is 4.79 Å². The maximum atomic E-state index is 12.3. The van der Waals surface area contributed by atoms with Crippen molar-refractivity contribution in [2.24, 2.45) is 11.7 Å². The minimum absolute atomic E-state index is 0.0615. The fourth-order valence-corrected chi connectivity index (χ4v) is 2.62. The number of hydrogen-bond donors (Lipinski definition) is 3. The Morgan fingerprint density at radius 3 is 3.05 bits per heavy atom. The van der Waals surface area contributed by atoms with Crippen LogP contribution in [0.3, 0.4) is 0 Å². The van der Waals surface area contributed by atoms with Crippen LogP contribution < -0.4 is 11.1 Å². The number of carbonyl (C=O) groups is 1. The molecule has 0 bridgehead atoms. The molecule has 1 aliphatic rings. The third-order valence-electron chi connectivity index (χ3n) is 3.50. The van der Waals surface area contributed by atoms with Crippen molar-refractivity contribution in [3.63, 3.8) is 0 Å². The number of benzene rings is 1. The number of hydrogen-bond acceptors (Lipinski definition) is 3. The zero-order valence-electron chi connectivity index (χ0n) is 10.3. The molecule has 0 radical (unpaired) electrons. The summed E-state index contributed by atoms with van der Waals surface area (Å²) in [7, 11) is 0. The SMILES string of the molecule is NCC(NC(=O)c1n[nH]c2ccc(Br)cc12)C1CC1. The highest BCUT2D eigenvalue weighted by Gasteiger charge is 2.32. The molecular formula is C13H15BrN4O. The van der Waals surface area contributed by atoms with E-state index < -0.39 is 0 Å². The number of rotatable bonds is 4. The Morgan fingerprint density at radius 2 is 2.37 bits per heavy atom. The molecule has 1 heterocycles. The van der Waals surface area contributed by atoms with Crippen molar-refractivity contribution in [2.45, 2.75) is 18.9 Å². The molecule has 5 nitrogen and oxygen atoms in total. The molecular weight excluding hydrogens is 308 g/mol. The first-order valence-corrected chi connectivity index (χ1v) is 7.13. The summed E-state index contributed by atoms with van der Waals surface area (Å²) in [6.45, 7) is 0.475. The summed E-state index contributed by atoms with van der Waals surface area (Å²) in [6.07, 6.45) is 2.30. The van der Waals surface area contributed by atoms with Gasteiger partial charge in [-0.15, -0.1) is 0 Å². The van der Waals surface area contributed by atoms with Gasteiger partial charge in [-0.2, -0.15) is 5.10 Å². The molecule has 2 aromatic rings. The van der Waals surface area contributed by atoms with Crippen molar-refractivity contribution in [1.29, 1.82) is 0 Å². The Hall–Kier alpha value is -1.40. The van der Waals surface area contributed by atoms with Gasteiger partial charge in [0, 0.05) is 22.4 Å². The lowest BCUT2D eigenvalue weighted by Crippen LogP contribution is -2.41. The average molecular weight is 323 g/mol. The van der Waals surface area contributed by atoms with Crippen LogP contribution in [0.5, 0.6) is 0 Å². The molecule has 1 atom stereocenters. The Balaban J connectivity index is 1.86. The van der Waals surface area contributed by atoms with Gasteiger partial charge >= 0.3 is 0 Å². The van der Waals surface area contributed by atoms with E-state index >= 15 is 0 Å². The molecule has 0 aliphatic heterocycles. The topological polar surface area (TPSA) is 83.8 Å². The number of aromatic nitrogens is 2. The number of nitrogens with one attached hydrogen (secondary N) is 2. The van der Waals surface area contributed by atoms with Gasteiger partial charge in [-0.3, -0.25) is 9.89 Å². The van der Waals surface area contributed by atoms with Gasteiger partial charge in [0.2, 0.25) is 0 Å². The van der Waals surface area contributed by atoms with Gasteiger partial charge in [0.05, 0.1) is 5.52 Å². The number of halogens is 1. The Kier molecular flexibility index (Phi) is 3.28. The normalized spacial score (nSPS) is 16.5. The molecule has 1 saturated carbocycles. The van der Waals surface area contributed by atoms with Crippen LogP contribution in [0.1, 0.15) is 23.3 Å². The Morgan fingerprint density at radius 1 is 1.58 bits per heavy atom. The Labute approximate surface area is 119 Å². The lowest BCUT2D eigenvalue weighted by Gasteiger charge is -2.14. The molecule has 1 amide bonds. The molecule has 1 aromatic heterocycles.